The molecule has 0 aliphatic rings. The van der Waals surface area contributed by atoms with Crippen LogP contribution in [0.4, 0.5) is 0 Å². The molecule has 0 amide bonds. The molecule has 1 aromatic carbocycles. The highest BCUT2D eigenvalue weighted by molar-refractivity contribution is 5.43. The Labute approximate surface area is 112 Å². The molecular formula is C15H18O4. The van der Waals surface area contributed by atoms with E-state index in [1.807, 2.05) is 13.0 Å². The third-order valence-electron chi connectivity index (χ3n) is 3.03. The fourth-order valence-electron chi connectivity index (χ4n) is 1.94. The van der Waals surface area contributed by atoms with Crippen molar-refractivity contribution in [2.45, 2.75) is 19.4 Å². The average Bonchev–Trinajstić information content (AvgIpc) is 2.94. The van der Waals surface area contributed by atoms with Gasteiger partial charge >= 0.3 is 0 Å². The number of hydrogen-bond acceptors (Lipinski definition) is 4. The Balaban J connectivity index is 2.38. The molecule has 1 heterocycles. The fraction of sp³-hybridized carbons (Fsp3) is 0.333. The third-order valence-corrected chi connectivity index (χ3v) is 3.03. The highest BCUT2D eigenvalue weighted by Crippen LogP contribution is 2.33. The van der Waals surface area contributed by atoms with E-state index in [9.17, 15) is 5.11 Å². The van der Waals surface area contributed by atoms with Crippen LogP contribution < -0.4 is 9.47 Å². The molecule has 1 unspecified atom stereocenters. The summed E-state index contributed by atoms with van der Waals surface area (Å²) in [5.41, 5.74) is 0.624. The van der Waals surface area contributed by atoms with Crippen molar-refractivity contribution in [3.8, 4) is 11.5 Å². The van der Waals surface area contributed by atoms with Gasteiger partial charge in [0.1, 0.15) is 29.1 Å². The number of rotatable bonds is 5. The normalized spacial score (nSPS) is 12.2. The van der Waals surface area contributed by atoms with Crippen LogP contribution in [0.25, 0.3) is 0 Å². The van der Waals surface area contributed by atoms with Crippen molar-refractivity contribution in [2.24, 2.45) is 0 Å². The van der Waals surface area contributed by atoms with Crippen molar-refractivity contribution in [1.29, 1.82) is 0 Å². The van der Waals surface area contributed by atoms with Gasteiger partial charge in [0.2, 0.25) is 0 Å². The molecule has 102 valence electrons. The first-order valence-corrected chi connectivity index (χ1v) is 6.18. The molecule has 0 saturated carbocycles. The fourth-order valence-corrected chi connectivity index (χ4v) is 1.94. The Kier molecular flexibility index (Phi) is 4.12. The second-order valence-electron chi connectivity index (χ2n) is 4.17. The minimum absolute atomic E-state index is 0.503. The molecule has 0 spiro atoms. The summed E-state index contributed by atoms with van der Waals surface area (Å²) in [6.45, 7) is 2.00. The SMILES string of the molecule is CCc1ccc(C(O)c2cc(OC)ccc2OC)o1. The molecule has 2 rings (SSSR count). The van der Waals surface area contributed by atoms with E-state index in [1.165, 1.54) is 0 Å². The summed E-state index contributed by atoms with van der Waals surface area (Å²) in [6.07, 6.45) is -0.0764. The first kappa shape index (κ1) is 13.5. The average molecular weight is 262 g/mol. The Bertz CT molecular complexity index is 545. The van der Waals surface area contributed by atoms with Gasteiger partial charge in [0.15, 0.2) is 0 Å². The Hall–Kier alpha value is -1.94. The third kappa shape index (κ3) is 2.74. The predicted octanol–water partition coefficient (Wildman–Crippen LogP) is 2.94. The number of aliphatic hydroxyl groups is 1. The van der Waals surface area contributed by atoms with Crippen LogP contribution in [-0.4, -0.2) is 19.3 Å². The van der Waals surface area contributed by atoms with Gasteiger partial charge in [-0.3, -0.25) is 0 Å². The maximum atomic E-state index is 10.4. The van der Waals surface area contributed by atoms with Crippen molar-refractivity contribution in [3.05, 3.63) is 47.4 Å². The zero-order valence-corrected chi connectivity index (χ0v) is 11.3. The number of aryl methyl sites for hydroxylation is 1. The molecule has 0 bridgehead atoms. The molecule has 4 nitrogen and oxygen atoms in total. The van der Waals surface area contributed by atoms with Gasteiger partial charge in [-0.05, 0) is 30.3 Å². The van der Waals surface area contributed by atoms with Crippen LogP contribution >= 0.6 is 0 Å². The van der Waals surface area contributed by atoms with Gasteiger partial charge in [-0.15, -0.1) is 0 Å². The van der Waals surface area contributed by atoms with Crippen molar-refractivity contribution in [1.82, 2.24) is 0 Å². The summed E-state index contributed by atoms with van der Waals surface area (Å²) in [4.78, 5) is 0. The first-order chi connectivity index (χ1) is 9.19. The summed E-state index contributed by atoms with van der Waals surface area (Å²) >= 11 is 0. The molecule has 4 heteroatoms. The first-order valence-electron chi connectivity index (χ1n) is 6.18. The minimum Gasteiger partial charge on any atom is -0.497 e. The van der Waals surface area contributed by atoms with Gasteiger partial charge in [0.05, 0.1) is 14.2 Å². The van der Waals surface area contributed by atoms with Crippen LogP contribution in [0.5, 0.6) is 11.5 Å². The van der Waals surface area contributed by atoms with Crippen LogP contribution in [0.1, 0.15) is 30.1 Å². The van der Waals surface area contributed by atoms with Crippen LogP contribution in [0.15, 0.2) is 34.7 Å². The van der Waals surface area contributed by atoms with Crippen LogP contribution in [0.3, 0.4) is 0 Å². The largest absolute Gasteiger partial charge is 0.497 e. The number of benzene rings is 1. The second kappa shape index (κ2) is 5.80. The molecule has 0 aliphatic carbocycles. The maximum absolute atomic E-state index is 10.4. The molecule has 1 N–H and O–H groups in total. The standard InChI is InChI=1S/C15H18O4/c1-4-10-5-8-14(19-10)15(16)12-9-11(17-2)6-7-13(12)18-3/h5-9,15-16H,4H2,1-3H3. The van der Waals surface area contributed by atoms with E-state index in [0.29, 0.717) is 22.8 Å². The molecule has 0 fully saturated rings. The van der Waals surface area contributed by atoms with Gasteiger partial charge in [0, 0.05) is 12.0 Å². The van der Waals surface area contributed by atoms with E-state index >= 15 is 0 Å². The predicted molar refractivity (Wildman–Crippen MR) is 71.7 cm³/mol. The van der Waals surface area contributed by atoms with E-state index in [1.54, 1.807) is 38.5 Å². The summed E-state index contributed by atoms with van der Waals surface area (Å²) < 4.78 is 16.0. The molecular weight excluding hydrogens is 244 g/mol. The zero-order chi connectivity index (χ0) is 13.8. The van der Waals surface area contributed by atoms with Gasteiger partial charge in [0.25, 0.3) is 0 Å². The number of aliphatic hydroxyl groups excluding tert-OH is 1. The lowest BCUT2D eigenvalue weighted by Gasteiger charge is -2.14. The highest BCUT2D eigenvalue weighted by atomic mass is 16.5. The van der Waals surface area contributed by atoms with Gasteiger partial charge < -0.3 is 19.0 Å². The van der Waals surface area contributed by atoms with Crippen LogP contribution in [-0.2, 0) is 6.42 Å². The Morgan fingerprint density at radius 3 is 2.53 bits per heavy atom. The zero-order valence-electron chi connectivity index (χ0n) is 11.3. The lowest BCUT2D eigenvalue weighted by molar-refractivity contribution is 0.182. The van der Waals surface area contributed by atoms with Crippen LogP contribution in [0.2, 0.25) is 0 Å². The van der Waals surface area contributed by atoms with E-state index in [4.69, 9.17) is 13.9 Å². The Morgan fingerprint density at radius 2 is 1.95 bits per heavy atom. The topological polar surface area (TPSA) is 51.8 Å². The van der Waals surface area contributed by atoms with Crippen molar-refractivity contribution in [3.63, 3.8) is 0 Å². The molecule has 0 radical (unpaired) electrons. The summed E-state index contributed by atoms with van der Waals surface area (Å²) in [5.74, 6) is 2.61. The highest BCUT2D eigenvalue weighted by Gasteiger charge is 2.19. The number of methoxy groups -OCH3 is 2. The summed E-state index contributed by atoms with van der Waals surface area (Å²) in [6, 6.07) is 8.95. The maximum Gasteiger partial charge on any atom is 0.140 e. The molecule has 0 aliphatic heterocycles. The summed E-state index contributed by atoms with van der Waals surface area (Å²) in [7, 11) is 3.15. The molecule has 2 aromatic rings. The lowest BCUT2D eigenvalue weighted by atomic mass is 10.1. The second-order valence-corrected chi connectivity index (χ2v) is 4.17. The summed E-state index contributed by atoms with van der Waals surface area (Å²) in [5, 5.41) is 10.4. The van der Waals surface area contributed by atoms with Crippen molar-refractivity contribution >= 4 is 0 Å². The lowest BCUT2D eigenvalue weighted by Crippen LogP contribution is -2.02. The van der Waals surface area contributed by atoms with Gasteiger partial charge in [-0.25, -0.2) is 0 Å². The number of furan rings is 1. The van der Waals surface area contributed by atoms with E-state index in [0.717, 1.165) is 12.2 Å². The molecule has 0 saturated heterocycles. The van der Waals surface area contributed by atoms with Gasteiger partial charge in [-0.1, -0.05) is 6.92 Å². The number of ether oxygens (including phenoxy) is 2. The van der Waals surface area contributed by atoms with E-state index in [-0.39, 0.29) is 0 Å². The molecule has 1 atom stereocenters. The molecule has 19 heavy (non-hydrogen) atoms. The minimum atomic E-state index is -0.870. The van der Waals surface area contributed by atoms with Crippen molar-refractivity contribution in [2.75, 3.05) is 14.2 Å². The van der Waals surface area contributed by atoms with E-state index < -0.39 is 6.10 Å². The van der Waals surface area contributed by atoms with E-state index in [2.05, 4.69) is 0 Å². The van der Waals surface area contributed by atoms with Crippen molar-refractivity contribution < 1.29 is 19.0 Å². The smallest absolute Gasteiger partial charge is 0.140 e. The number of hydrogen-bond donors (Lipinski definition) is 1. The van der Waals surface area contributed by atoms with Crippen LogP contribution in [0, 0.1) is 0 Å². The monoisotopic (exact) mass is 262 g/mol. The molecule has 1 aromatic heterocycles. The quantitative estimate of drug-likeness (QED) is 0.900. The Morgan fingerprint density at radius 1 is 1.16 bits per heavy atom. The van der Waals surface area contributed by atoms with Gasteiger partial charge in [-0.2, -0.15) is 0 Å².